The first-order valence-electron chi connectivity index (χ1n) is 7.61. The Morgan fingerprint density at radius 3 is 2.65 bits per heavy atom. The zero-order valence-electron chi connectivity index (χ0n) is 12.9. The van der Waals surface area contributed by atoms with E-state index < -0.39 is 0 Å². The fourth-order valence-corrected chi connectivity index (χ4v) is 2.86. The van der Waals surface area contributed by atoms with Gasteiger partial charge in [-0.1, -0.05) is 30.7 Å². The highest BCUT2D eigenvalue weighted by Crippen LogP contribution is 2.18. The minimum atomic E-state index is 0.309. The minimum absolute atomic E-state index is 0.309. The lowest BCUT2D eigenvalue weighted by Crippen LogP contribution is -2.46. The van der Waals surface area contributed by atoms with Gasteiger partial charge in [0.2, 0.25) is 5.91 Å². The van der Waals surface area contributed by atoms with E-state index in [4.69, 9.17) is 0 Å². The Balaban J connectivity index is 1.88. The van der Waals surface area contributed by atoms with E-state index in [9.17, 15) is 4.79 Å². The number of nitrogens with one attached hydrogen (secondary N) is 1. The number of nitrogens with zero attached hydrogens (tertiary/aromatic N) is 1. The summed E-state index contributed by atoms with van der Waals surface area (Å²) < 4.78 is 0. The summed E-state index contributed by atoms with van der Waals surface area (Å²) in [6.07, 6.45) is 1.65. The van der Waals surface area contributed by atoms with Crippen molar-refractivity contribution in [2.24, 2.45) is 5.92 Å². The molecule has 1 unspecified atom stereocenters. The molecule has 2 rings (SSSR count). The third kappa shape index (κ3) is 4.07. The molecule has 3 heteroatoms. The lowest BCUT2D eigenvalue weighted by atomic mass is 9.93. The van der Waals surface area contributed by atoms with E-state index in [-0.39, 0.29) is 0 Å². The van der Waals surface area contributed by atoms with E-state index in [0.29, 0.717) is 18.2 Å². The quantitative estimate of drug-likeness (QED) is 0.914. The Morgan fingerprint density at radius 1 is 1.30 bits per heavy atom. The van der Waals surface area contributed by atoms with Crippen LogP contribution in [0.5, 0.6) is 0 Å². The van der Waals surface area contributed by atoms with Gasteiger partial charge in [-0.15, -0.1) is 0 Å². The van der Waals surface area contributed by atoms with Gasteiger partial charge in [-0.3, -0.25) is 4.79 Å². The molecule has 1 amide bonds. The van der Waals surface area contributed by atoms with E-state index in [1.807, 2.05) is 4.90 Å². The highest BCUT2D eigenvalue weighted by atomic mass is 16.2. The Bertz CT molecular complexity index is 464. The van der Waals surface area contributed by atoms with Gasteiger partial charge in [0.05, 0.1) is 0 Å². The third-order valence-corrected chi connectivity index (χ3v) is 4.06. The summed E-state index contributed by atoms with van der Waals surface area (Å²) >= 11 is 0. The molecular weight excluding hydrogens is 248 g/mol. The van der Waals surface area contributed by atoms with Crippen LogP contribution < -0.4 is 5.32 Å². The predicted octanol–water partition coefficient (Wildman–Crippen LogP) is 2.30. The number of piperazine rings is 1. The van der Waals surface area contributed by atoms with Crippen molar-refractivity contribution in [3.63, 3.8) is 0 Å². The molecule has 1 aliphatic heterocycles. The van der Waals surface area contributed by atoms with Crippen molar-refractivity contribution >= 4 is 5.91 Å². The molecule has 0 aromatic heterocycles. The zero-order chi connectivity index (χ0) is 14.5. The smallest absolute Gasteiger partial charge is 0.222 e. The van der Waals surface area contributed by atoms with Crippen LogP contribution in [0.4, 0.5) is 0 Å². The van der Waals surface area contributed by atoms with Crippen LogP contribution in [0.25, 0.3) is 0 Å². The van der Waals surface area contributed by atoms with Crippen molar-refractivity contribution in [1.29, 1.82) is 0 Å². The van der Waals surface area contributed by atoms with Crippen LogP contribution in [0.15, 0.2) is 18.2 Å². The molecule has 110 valence electrons. The Morgan fingerprint density at radius 2 is 2.00 bits per heavy atom. The normalized spacial score (nSPS) is 17.1. The number of rotatable bonds is 4. The Labute approximate surface area is 122 Å². The van der Waals surface area contributed by atoms with Gasteiger partial charge in [-0.05, 0) is 37.3 Å². The van der Waals surface area contributed by atoms with Crippen LogP contribution in [-0.2, 0) is 11.2 Å². The first kappa shape index (κ1) is 15.0. The van der Waals surface area contributed by atoms with Crippen molar-refractivity contribution in [1.82, 2.24) is 10.2 Å². The predicted molar refractivity (Wildman–Crippen MR) is 82.9 cm³/mol. The van der Waals surface area contributed by atoms with Crippen LogP contribution in [0.3, 0.4) is 0 Å². The summed E-state index contributed by atoms with van der Waals surface area (Å²) in [6.45, 7) is 10.0. The summed E-state index contributed by atoms with van der Waals surface area (Å²) in [4.78, 5) is 14.2. The topological polar surface area (TPSA) is 32.3 Å². The maximum Gasteiger partial charge on any atom is 0.222 e. The Hall–Kier alpha value is -1.35. The van der Waals surface area contributed by atoms with Gasteiger partial charge < -0.3 is 10.2 Å². The van der Waals surface area contributed by atoms with Crippen molar-refractivity contribution in [3.8, 4) is 0 Å². The van der Waals surface area contributed by atoms with Crippen molar-refractivity contribution in [3.05, 3.63) is 34.9 Å². The summed E-state index contributed by atoms with van der Waals surface area (Å²) in [5, 5.41) is 3.28. The second kappa shape index (κ2) is 6.89. The lowest BCUT2D eigenvalue weighted by molar-refractivity contribution is -0.132. The second-order valence-electron chi connectivity index (χ2n) is 6.07. The molecule has 1 aromatic carbocycles. The Kier molecular flexibility index (Phi) is 5.18. The van der Waals surface area contributed by atoms with Gasteiger partial charge in [-0.25, -0.2) is 0 Å². The first-order valence-corrected chi connectivity index (χ1v) is 7.61. The second-order valence-corrected chi connectivity index (χ2v) is 6.07. The van der Waals surface area contributed by atoms with Crippen molar-refractivity contribution in [2.75, 3.05) is 26.2 Å². The first-order chi connectivity index (χ1) is 9.56. The molecule has 1 saturated heterocycles. The summed E-state index contributed by atoms with van der Waals surface area (Å²) in [6, 6.07) is 6.59. The molecule has 1 aromatic rings. The molecule has 1 heterocycles. The van der Waals surface area contributed by atoms with Gasteiger partial charge >= 0.3 is 0 Å². The SMILES string of the molecule is Cc1ccc(CC(C)CC(=O)N2CCNCC2)c(C)c1. The zero-order valence-corrected chi connectivity index (χ0v) is 12.9. The van der Waals surface area contributed by atoms with Gasteiger partial charge in [0.15, 0.2) is 0 Å². The maximum atomic E-state index is 12.2. The van der Waals surface area contributed by atoms with E-state index >= 15 is 0 Å². The van der Waals surface area contributed by atoms with Crippen molar-refractivity contribution < 1.29 is 4.79 Å². The highest BCUT2D eigenvalue weighted by molar-refractivity contribution is 5.76. The van der Waals surface area contributed by atoms with Crippen molar-refractivity contribution in [2.45, 2.75) is 33.6 Å². The molecular formula is C17H26N2O. The number of benzene rings is 1. The molecule has 0 bridgehead atoms. The number of hydrogen-bond acceptors (Lipinski definition) is 2. The highest BCUT2D eigenvalue weighted by Gasteiger charge is 2.18. The molecule has 1 atom stereocenters. The average molecular weight is 274 g/mol. The van der Waals surface area contributed by atoms with E-state index in [1.54, 1.807) is 0 Å². The number of hydrogen-bond donors (Lipinski definition) is 1. The average Bonchev–Trinajstić information content (AvgIpc) is 2.43. The molecule has 20 heavy (non-hydrogen) atoms. The maximum absolute atomic E-state index is 12.2. The number of carbonyl (C=O) groups is 1. The van der Waals surface area contributed by atoms with E-state index in [0.717, 1.165) is 32.6 Å². The molecule has 0 saturated carbocycles. The van der Waals surface area contributed by atoms with E-state index in [1.165, 1.54) is 16.7 Å². The minimum Gasteiger partial charge on any atom is -0.340 e. The fourth-order valence-electron chi connectivity index (χ4n) is 2.86. The molecule has 1 N–H and O–H groups in total. The summed E-state index contributed by atoms with van der Waals surface area (Å²) in [7, 11) is 0. The largest absolute Gasteiger partial charge is 0.340 e. The number of carbonyl (C=O) groups excluding carboxylic acids is 1. The molecule has 1 fully saturated rings. The van der Waals surface area contributed by atoms with Gasteiger partial charge in [-0.2, -0.15) is 0 Å². The van der Waals surface area contributed by atoms with Crippen LogP contribution in [-0.4, -0.2) is 37.0 Å². The molecule has 0 spiro atoms. The van der Waals surface area contributed by atoms with Crippen LogP contribution in [0, 0.1) is 19.8 Å². The molecule has 0 aliphatic carbocycles. The van der Waals surface area contributed by atoms with Crippen LogP contribution >= 0.6 is 0 Å². The molecule has 1 aliphatic rings. The van der Waals surface area contributed by atoms with Crippen LogP contribution in [0.2, 0.25) is 0 Å². The molecule has 3 nitrogen and oxygen atoms in total. The number of amides is 1. The third-order valence-electron chi connectivity index (χ3n) is 4.06. The number of aryl methyl sites for hydroxylation is 2. The lowest BCUT2D eigenvalue weighted by Gasteiger charge is -2.28. The molecule has 0 radical (unpaired) electrons. The fraction of sp³-hybridized carbons (Fsp3) is 0.588. The van der Waals surface area contributed by atoms with Gasteiger partial charge in [0.25, 0.3) is 0 Å². The standard InChI is InChI=1S/C17H26N2O/c1-13-4-5-16(15(3)10-13)11-14(2)12-17(20)19-8-6-18-7-9-19/h4-5,10,14,18H,6-9,11-12H2,1-3H3. The summed E-state index contributed by atoms with van der Waals surface area (Å²) in [5.74, 6) is 0.711. The monoisotopic (exact) mass is 274 g/mol. The van der Waals surface area contributed by atoms with Crippen LogP contribution in [0.1, 0.15) is 30.0 Å². The van der Waals surface area contributed by atoms with Gasteiger partial charge in [0.1, 0.15) is 0 Å². The summed E-state index contributed by atoms with van der Waals surface area (Å²) in [5.41, 5.74) is 4.01. The van der Waals surface area contributed by atoms with Gasteiger partial charge in [0, 0.05) is 32.6 Å². The van der Waals surface area contributed by atoms with E-state index in [2.05, 4.69) is 44.3 Å².